The lowest BCUT2D eigenvalue weighted by Crippen LogP contribution is -2.36. The van der Waals surface area contributed by atoms with Gasteiger partial charge in [0.25, 0.3) is 0 Å². The molecule has 0 unspecified atom stereocenters. The number of para-hydroxylation sites is 2. The molecule has 0 aromatic heterocycles. The summed E-state index contributed by atoms with van der Waals surface area (Å²) in [5.41, 5.74) is 0.596. The zero-order valence-electron chi connectivity index (χ0n) is 12.2. The molecule has 5 nitrogen and oxygen atoms in total. The van der Waals surface area contributed by atoms with E-state index in [-0.39, 0.29) is 5.91 Å². The molecule has 2 rings (SSSR count). The van der Waals surface area contributed by atoms with Crippen molar-refractivity contribution in [2.45, 2.75) is 32.6 Å². The second-order valence-corrected chi connectivity index (χ2v) is 5.25. The number of nitrogens with one attached hydrogen (secondary N) is 1. The van der Waals surface area contributed by atoms with E-state index in [0.717, 1.165) is 12.8 Å². The molecule has 21 heavy (non-hydrogen) atoms. The fourth-order valence-corrected chi connectivity index (χ4v) is 2.82. The average molecular weight is 291 g/mol. The number of benzene rings is 1. The molecule has 2 N–H and O–H groups in total. The largest absolute Gasteiger partial charge is 0.492 e. The smallest absolute Gasteiger partial charge is 0.307 e. The van der Waals surface area contributed by atoms with E-state index in [2.05, 4.69) is 5.32 Å². The molecule has 1 fully saturated rings. The van der Waals surface area contributed by atoms with E-state index in [1.807, 2.05) is 19.1 Å². The molecule has 5 heteroatoms. The highest BCUT2D eigenvalue weighted by Gasteiger charge is 2.35. The van der Waals surface area contributed by atoms with Gasteiger partial charge in [-0.2, -0.15) is 0 Å². The van der Waals surface area contributed by atoms with Crippen LogP contribution in [0.1, 0.15) is 32.6 Å². The molecule has 0 radical (unpaired) electrons. The maximum Gasteiger partial charge on any atom is 0.307 e. The zero-order valence-corrected chi connectivity index (χ0v) is 12.2. The number of amides is 1. The Balaban J connectivity index is 2.11. The highest BCUT2D eigenvalue weighted by molar-refractivity contribution is 5.96. The van der Waals surface area contributed by atoms with Gasteiger partial charge in [-0.15, -0.1) is 0 Å². The van der Waals surface area contributed by atoms with Gasteiger partial charge in [0.15, 0.2) is 0 Å². The third-order valence-corrected chi connectivity index (χ3v) is 3.86. The SMILES string of the molecule is CCOc1ccccc1NC(=O)[C@@H]1CCCC[C@H]1C(=O)O. The first kappa shape index (κ1) is 15.4. The van der Waals surface area contributed by atoms with E-state index in [0.29, 0.717) is 30.9 Å². The van der Waals surface area contributed by atoms with Crippen molar-refractivity contribution in [2.24, 2.45) is 11.8 Å². The first-order valence-corrected chi connectivity index (χ1v) is 7.39. The second kappa shape index (κ2) is 7.11. The van der Waals surface area contributed by atoms with E-state index in [1.54, 1.807) is 12.1 Å². The van der Waals surface area contributed by atoms with Crippen molar-refractivity contribution in [2.75, 3.05) is 11.9 Å². The van der Waals surface area contributed by atoms with Crippen molar-refractivity contribution in [3.05, 3.63) is 24.3 Å². The second-order valence-electron chi connectivity index (χ2n) is 5.25. The predicted molar refractivity (Wildman–Crippen MR) is 79.3 cm³/mol. The van der Waals surface area contributed by atoms with Crippen LogP contribution in [-0.4, -0.2) is 23.6 Å². The fraction of sp³-hybridized carbons (Fsp3) is 0.500. The van der Waals surface area contributed by atoms with Crippen molar-refractivity contribution >= 4 is 17.6 Å². The third-order valence-electron chi connectivity index (χ3n) is 3.86. The number of hydrogen-bond acceptors (Lipinski definition) is 3. The lowest BCUT2D eigenvalue weighted by atomic mass is 9.78. The van der Waals surface area contributed by atoms with Gasteiger partial charge in [-0.1, -0.05) is 25.0 Å². The summed E-state index contributed by atoms with van der Waals surface area (Å²) in [5.74, 6) is -1.55. The quantitative estimate of drug-likeness (QED) is 0.874. The van der Waals surface area contributed by atoms with Gasteiger partial charge < -0.3 is 15.2 Å². The van der Waals surface area contributed by atoms with Crippen LogP contribution < -0.4 is 10.1 Å². The van der Waals surface area contributed by atoms with Crippen LogP contribution in [0.25, 0.3) is 0 Å². The van der Waals surface area contributed by atoms with Gasteiger partial charge in [0.1, 0.15) is 5.75 Å². The lowest BCUT2D eigenvalue weighted by molar-refractivity contribution is -0.147. The summed E-state index contributed by atoms with van der Waals surface area (Å²) in [7, 11) is 0. The van der Waals surface area contributed by atoms with Crippen LogP contribution in [-0.2, 0) is 9.59 Å². The monoisotopic (exact) mass is 291 g/mol. The first-order chi connectivity index (χ1) is 10.1. The van der Waals surface area contributed by atoms with Crippen LogP contribution in [0.3, 0.4) is 0 Å². The summed E-state index contributed by atoms with van der Waals surface area (Å²) in [5, 5.41) is 12.1. The number of hydrogen-bond donors (Lipinski definition) is 2. The molecule has 1 aliphatic carbocycles. The van der Waals surface area contributed by atoms with Crippen LogP contribution in [0.2, 0.25) is 0 Å². The predicted octanol–water partition coefficient (Wildman–Crippen LogP) is 2.91. The Morgan fingerprint density at radius 2 is 1.90 bits per heavy atom. The highest BCUT2D eigenvalue weighted by Crippen LogP contribution is 2.32. The minimum atomic E-state index is -0.882. The van der Waals surface area contributed by atoms with Crippen LogP contribution in [0, 0.1) is 11.8 Å². The van der Waals surface area contributed by atoms with E-state index < -0.39 is 17.8 Å². The maximum atomic E-state index is 12.4. The van der Waals surface area contributed by atoms with Gasteiger partial charge in [-0.3, -0.25) is 9.59 Å². The molecule has 0 saturated heterocycles. The summed E-state index contributed by atoms with van der Waals surface area (Å²) < 4.78 is 5.47. The molecule has 1 aromatic carbocycles. The number of carbonyl (C=O) groups excluding carboxylic acids is 1. The maximum absolute atomic E-state index is 12.4. The number of aliphatic carboxylic acids is 1. The Kier molecular flexibility index (Phi) is 5.20. The number of anilines is 1. The van der Waals surface area contributed by atoms with Crippen molar-refractivity contribution in [3.8, 4) is 5.75 Å². The third kappa shape index (κ3) is 3.74. The van der Waals surface area contributed by atoms with Crippen LogP contribution in [0.5, 0.6) is 5.75 Å². The Bertz CT molecular complexity index is 515. The van der Waals surface area contributed by atoms with Gasteiger partial charge >= 0.3 is 5.97 Å². The van der Waals surface area contributed by atoms with Gasteiger partial charge in [0.2, 0.25) is 5.91 Å². The minimum absolute atomic E-state index is 0.228. The topological polar surface area (TPSA) is 75.6 Å². The number of carboxylic acid groups (broad SMARTS) is 1. The fourth-order valence-electron chi connectivity index (χ4n) is 2.82. The van der Waals surface area contributed by atoms with Gasteiger partial charge in [0, 0.05) is 0 Å². The summed E-state index contributed by atoms with van der Waals surface area (Å²) in [6.07, 6.45) is 2.96. The molecule has 1 amide bonds. The van der Waals surface area contributed by atoms with Crippen molar-refractivity contribution in [1.29, 1.82) is 0 Å². The summed E-state index contributed by atoms with van der Waals surface area (Å²) in [6.45, 7) is 2.38. The van der Waals surface area contributed by atoms with E-state index in [9.17, 15) is 14.7 Å². The van der Waals surface area contributed by atoms with Crippen LogP contribution in [0.15, 0.2) is 24.3 Å². The first-order valence-electron chi connectivity index (χ1n) is 7.39. The molecule has 2 atom stereocenters. The molecule has 0 heterocycles. The summed E-state index contributed by atoms with van der Waals surface area (Å²) >= 11 is 0. The van der Waals surface area contributed by atoms with Crippen molar-refractivity contribution < 1.29 is 19.4 Å². The van der Waals surface area contributed by atoms with E-state index in [4.69, 9.17) is 4.74 Å². The zero-order chi connectivity index (χ0) is 15.2. The van der Waals surface area contributed by atoms with Crippen molar-refractivity contribution in [3.63, 3.8) is 0 Å². The van der Waals surface area contributed by atoms with Gasteiger partial charge in [0.05, 0.1) is 24.1 Å². The molecule has 0 aliphatic heterocycles. The Hall–Kier alpha value is -2.04. The molecule has 0 bridgehead atoms. The van der Waals surface area contributed by atoms with E-state index >= 15 is 0 Å². The molecule has 1 aromatic rings. The standard InChI is InChI=1S/C16H21NO4/c1-2-21-14-10-6-5-9-13(14)17-15(18)11-7-3-4-8-12(11)16(19)20/h5-6,9-12H,2-4,7-8H2,1H3,(H,17,18)(H,19,20)/t11-,12-/m1/s1. The molecule has 0 spiro atoms. The normalized spacial score (nSPS) is 21.6. The molecule has 1 saturated carbocycles. The summed E-state index contributed by atoms with van der Waals surface area (Å²) in [6, 6.07) is 7.20. The minimum Gasteiger partial charge on any atom is -0.492 e. The van der Waals surface area contributed by atoms with Crippen LogP contribution in [0.4, 0.5) is 5.69 Å². The number of carbonyl (C=O) groups is 2. The Morgan fingerprint density at radius 1 is 1.24 bits per heavy atom. The Labute approximate surface area is 124 Å². The molecule has 114 valence electrons. The Morgan fingerprint density at radius 3 is 2.57 bits per heavy atom. The number of ether oxygens (including phenoxy) is 1. The molecular weight excluding hydrogens is 270 g/mol. The molecular formula is C16H21NO4. The summed E-state index contributed by atoms with van der Waals surface area (Å²) in [4.78, 5) is 23.7. The number of carboxylic acids is 1. The van der Waals surface area contributed by atoms with E-state index in [1.165, 1.54) is 0 Å². The lowest BCUT2D eigenvalue weighted by Gasteiger charge is -2.27. The van der Waals surface area contributed by atoms with Crippen molar-refractivity contribution in [1.82, 2.24) is 0 Å². The average Bonchev–Trinajstić information content (AvgIpc) is 2.49. The molecule has 1 aliphatic rings. The highest BCUT2D eigenvalue weighted by atomic mass is 16.5. The number of rotatable bonds is 5. The van der Waals surface area contributed by atoms with Crippen LogP contribution >= 0.6 is 0 Å². The van der Waals surface area contributed by atoms with Gasteiger partial charge in [-0.25, -0.2) is 0 Å². The van der Waals surface area contributed by atoms with Gasteiger partial charge in [-0.05, 0) is 31.9 Å².